The summed E-state index contributed by atoms with van der Waals surface area (Å²) < 4.78 is 5.41. The van der Waals surface area contributed by atoms with Crippen LogP contribution >= 0.6 is 0 Å². The summed E-state index contributed by atoms with van der Waals surface area (Å²) >= 11 is 0. The first-order valence-electron chi connectivity index (χ1n) is 8.91. The van der Waals surface area contributed by atoms with Crippen molar-refractivity contribution < 1.29 is 12.4 Å². The van der Waals surface area contributed by atoms with Crippen molar-refractivity contribution in [3.8, 4) is 11.3 Å². The monoisotopic (exact) mass is 358 g/mol. The molecule has 3 N–H and O–H groups in total. The Labute approximate surface area is 154 Å². The highest BCUT2D eigenvalue weighted by Gasteiger charge is 2.28. The predicted octanol–water partition coefficient (Wildman–Crippen LogP) is 2.19. The van der Waals surface area contributed by atoms with E-state index in [0.29, 0.717) is 35.6 Å². The van der Waals surface area contributed by atoms with Crippen LogP contribution in [0.15, 0.2) is 24.5 Å². The number of rotatable bonds is 4. The zero-order chi connectivity index (χ0) is 17.9. The zero-order valence-electron chi connectivity index (χ0n) is 14.5. The second kappa shape index (κ2) is 7.25. The van der Waals surface area contributed by atoms with Crippen molar-refractivity contribution in [2.45, 2.75) is 19.3 Å². The second-order valence-electron chi connectivity index (χ2n) is 6.64. The molecule has 1 saturated heterocycles. The number of hydrogen-bond donors (Lipinski definition) is 2. The number of carbonyl (C=O) groups excluding carboxylic acids is 1. The number of hydrogen-bond acceptors (Lipinski definition) is 7. The van der Waals surface area contributed by atoms with E-state index in [2.05, 4.69) is 20.3 Å². The van der Waals surface area contributed by atoms with Gasteiger partial charge in [-0.2, -0.15) is 0 Å². The molecule has 0 aromatic carbocycles. The van der Waals surface area contributed by atoms with Gasteiger partial charge in [-0.25, -0.2) is 15.0 Å². The van der Waals surface area contributed by atoms with Crippen LogP contribution in [-0.2, 0) is 9.53 Å². The third kappa shape index (κ3) is 3.45. The van der Waals surface area contributed by atoms with Crippen molar-refractivity contribution in [3.05, 3.63) is 24.5 Å². The van der Waals surface area contributed by atoms with Crippen molar-refractivity contribution >= 4 is 23.4 Å². The average molecular weight is 358 g/mol. The molecule has 4 heterocycles. The normalized spacial score (nSPS) is 17.7. The number of pyridine rings is 1. The first-order valence-corrected chi connectivity index (χ1v) is 8.91. The van der Waals surface area contributed by atoms with Crippen LogP contribution < -0.4 is 16.0 Å². The maximum atomic E-state index is 12.5. The first kappa shape index (κ1) is 16.7. The van der Waals surface area contributed by atoms with Gasteiger partial charge in [0.15, 0.2) is 11.6 Å². The Morgan fingerprint density at radius 1 is 1.27 bits per heavy atom. The largest absolute Gasteiger partial charge is 0.384 e. The van der Waals surface area contributed by atoms with Crippen molar-refractivity contribution in [2.75, 3.05) is 42.3 Å². The van der Waals surface area contributed by atoms with Crippen LogP contribution in [0.3, 0.4) is 0 Å². The molecule has 2 aromatic heterocycles. The number of anilines is 3. The van der Waals surface area contributed by atoms with Gasteiger partial charge in [-0.1, -0.05) is 0 Å². The Kier molecular flexibility index (Phi) is 4.66. The minimum atomic E-state index is 0. The van der Waals surface area contributed by atoms with Crippen LogP contribution in [0.4, 0.5) is 17.5 Å². The number of nitrogens with two attached hydrogens (primary N) is 1. The summed E-state index contributed by atoms with van der Waals surface area (Å²) in [5, 5.41) is 3.05. The van der Waals surface area contributed by atoms with Gasteiger partial charge in [-0.05, 0) is 37.3 Å². The molecule has 0 unspecified atom stereocenters. The third-order valence-electron chi connectivity index (χ3n) is 4.90. The minimum absolute atomic E-state index is 0. The number of carbonyl (C=O) groups is 1. The molecule has 140 valence electrons. The molecule has 8 nitrogen and oxygen atoms in total. The van der Waals surface area contributed by atoms with Gasteiger partial charge >= 0.3 is 0 Å². The molecule has 0 aliphatic carbocycles. The smallest absolute Gasteiger partial charge is 0.247 e. The van der Waals surface area contributed by atoms with Gasteiger partial charge in [0.1, 0.15) is 5.82 Å². The van der Waals surface area contributed by atoms with Crippen molar-refractivity contribution in [3.63, 3.8) is 0 Å². The maximum absolute atomic E-state index is 12.5. The molecule has 0 atom stereocenters. The number of ether oxygens (including phenoxy) is 1. The fourth-order valence-electron chi connectivity index (χ4n) is 3.34. The van der Waals surface area contributed by atoms with Gasteiger partial charge in [-0.15, -0.1) is 0 Å². The Morgan fingerprint density at radius 2 is 2.12 bits per heavy atom. The molecular formula is C18H26N6O2. The Balaban J connectivity index is 0.00000140. The molecule has 2 aliphatic rings. The van der Waals surface area contributed by atoms with Crippen LogP contribution in [0.5, 0.6) is 0 Å². The average Bonchev–Trinajstić information content (AvgIpc) is 2.68. The van der Waals surface area contributed by atoms with E-state index in [4.69, 9.17) is 10.5 Å². The summed E-state index contributed by atoms with van der Waals surface area (Å²) in [5.41, 5.74) is 7.13. The first-order chi connectivity index (χ1) is 12.7. The lowest BCUT2D eigenvalue weighted by Crippen LogP contribution is -2.42. The molecule has 1 fully saturated rings. The van der Waals surface area contributed by atoms with Gasteiger partial charge in [0.25, 0.3) is 0 Å². The highest BCUT2D eigenvalue weighted by molar-refractivity contribution is 6.00. The molecule has 0 saturated carbocycles. The molecule has 4 rings (SSSR count). The van der Waals surface area contributed by atoms with Gasteiger partial charge in [-0.3, -0.25) is 9.69 Å². The molecule has 1 amide bonds. The van der Waals surface area contributed by atoms with Crippen LogP contribution in [0, 0.1) is 5.92 Å². The van der Waals surface area contributed by atoms with Crippen molar-refractivity contribution in [1.29, 1.82) is 0 Å². The van der Waals surface area contributed by atoms with E-state index in [0.717, 1.165) is 38.0 Å². The molecule has 2 aliphatic heterocycles. The van der Waals surface area contributed by atoms with Crippen LogP contribution in [0.25, 0.3) is 11.3 Å². The molecule has 2 aromatic rings. The molecule has 0 radical (unpaired) electrons. The highest BCUT2D eigenvalue weighted by Crippen LogP contribution is 2.29. The summed E-state index contributed by atoms with van der Waals surface area (Å²) in [6, 6.07) is 3.58. The summed E-state index contributed by atoms with van der Waals surface area (Å²) in [7, 11) is 0. The topological polar surface area (TPSA) is 106 Å². The fraction of sp³-hybridized carbons (Fsp3) is 0.444. The van der Waals surface area contributed by atoms with Crippen molar-refractivity contribution in [2.24, 2.45) is 5.92 Å². The van der Waals surface area contributed by atoms with Crippen LogP contribution in [0.1, 0.15) is 22.1 Å². The molecule has 8 heteroatoms. The van der Waals surface area contributed by atoms with Gasteiger partial charge in [0.2, 0.25) is 5.91 Å². The predicted molar refractivity (Wildman–Crippen MR) is 103 cm³/mol. The third-order valence-corrected chi connectivity index (χ3v) is 4.90. The number of nitrogen functional groups attached to an aromatic ring is 1. The number of aromatic nitrogens is 3. The lowest BCUT2D eigenvalue weighted by molar-refractivity contribution is -0.117. The van der Waals surface area contributed by atoms with E-state index in [1.807, 2.05) is 6.07 Å². The van der Waals surface area contributed by atoms with Crippen LogP contribution in [0.2, 0.25) is 0 Å². The van der Waals surface area contributed by atoms with Crippen molar-refractivity contribution in [1.82, 2.24) is 15.0 Å². The zero-order valence-corrected chi connectivity index (χ0v) is 14.5. The molecule has 0 spiro atoms. The molecule has 26 heavy (non-hydrogen) atoms. The quantitative estimate of drug-likeness (QED) is 0.863. The Hall–Kier alpha value is -2.74. The van der Waals surface area contributed by atoms with E-state index in [1.165, 1.54) is 0 Å². The number of nitrogens with one attached hydrogen (secondary N) is 1. The highest BCUT2D eigenvalue weighted by atomic mass is 16.5. The van der Waals surface area contributed by atoms with E-state index >= 15 is 0 Å². The lowest BCUT2D eigenvalue weighted by Gasteiger charge is -2.30. The molecular weight excluding hydrogens is 332 g/mol. The van der Waals surface area contributed by atoms with Gasteiger partial charge in [0.05, 0.1) is 18.4 Å². The van der Waals surface area contributed by atoms with Crippen LogP contribution in [-0.4, -0.2) is 47.2 Å². The summed E-state index contributed by atoms with van der Waals surface area (Å²) in [5.74, 6) is 2.29. The standard InChI is InChI=1S/C18H22N6O2.2H2/c19-15-2-1-13(9-20-15)14-10-21-17-18(23-14)24(16(25)11-22-17)6-3-12-4-7-26-8-5-12;;/h1-2,9-10,12H,3-8,11H2,(H2,19,20)(H,21,22);2*1H. The summed E-state index contributed by atoms with van der Waals surface area (Å²) in [6.45, 7) is 2.52. The summed E-state index contributed by atoms with van der Waals surface area (Å²) in [6.07, 6.45) is 6.40. The SMILES string of the molecule is Nc1ccc(-c2cnc3c(n2)N(CCC2CCOCC2)C(=O)CN3)cn1.[HH].[HH]. The minimum Gasteiger partial charge on any atom is -0.384 e. The van der Waals surface area contributed by atoms with Gasteiger partial charge in [0, 0.05) is 34.4 Å². The van der Waals surface area contributed by atoms with E-state index in [1.54, 1.807) is 23.4 Å². The number of amides is 1. The number of fused-ring (bicyclic) bond motifs is 1. The fourth-order valence-corrected chi connectivity index (χ4v) is 3.34. The number of nitrogens with zero attached hydrogens (tertiary/aromatic N) is 4. The van der Waals surface area contributed by atoms with E-state index < -0.39 is 0 Å². The Morgan fingerprint density at radius 3 is 2.88 bits per heavy atom. The van der Waals surface area contributed by atoms with E-state index in [-0.39, 0.29) is 15.3 Å². The lowest BCUT2D eigenvalue weighted by atomic mass is 9.96. The van der Waals surface area contributed by atoms with E-state index in [9.17, 15) is 4.79 Å². The molecule has 0 bridgehead atoms. The Bertz CT molecular complexity index is 799. The van der Waals surface area contributed by atoms with Gasteiger partial charge < -0.3 is 15.8 Å². The second-order valence-corrected chi connectivity index (χ2v) is 6.64. The summed E-state index contributed by atoms with van der Waals surface area (Å²) in [4.78, 5) is 27.5. The maximum Gasteiger partial charge on any atom is 0.247 e.